The number of halogens is 1. The molecule has 1 saturated heterocycles. The number of hydrogen-bond donors (Lipinski definition) is 1. The molecule has 22 heavy (non-hydrogen) atoms. The van der Waals surface area contributed by atoms with Crippen molar-refractivity contribution < 1.29 is 9.59 Å². The Labute approximate surface area is 137 Å². The van der Waals surface area contributed by atoms with Gasteiger partial charge in [0.15, 0.2) is 0 Å². The number of nitrogens with two attached hydrogens (primary N) is 1. The number of rotatable bonds is 4. The van der Waals surface area contributed by atoms with Crippen molar-refractivity contribution in [2.75, 3.05) is 26.2 Å². The van der Waals surface area contributed by atoms with Gasteiger partial charge in [0.1, 0.15) is 0 Å². The van der Waals surface area contributed by atoms with Crippen molar-refractivity contribution in [1.82, 2.24) is 9.80 Å². The van der Waals surface area contributed by atoms with Crippen LogP contribution in [0.2, 0.25) is 0 Å². The number of hydrogen-bond acceptors (Lipinski definition) is 3. The molecule has 122 valence electrons. The van der Waals surface area contributed by atoms with Crippen molar-refractivity contribution in [3.8, 4) is 0 Å². The normalized spacial score (nSPS) is 15.9. The van der Waals surface area contributed by atoms with Crippen molar-refractivity contribution in [3.05, 3.63) is 35.9 Å². The van der Waals surface area contributed by atoms with Gasteiger partial charge in [-0.3, -0.25) is 9.59 Å². The van der Waals surface area contributed by atoms with Crippen LogP contribution in [0.1, 0.15) is 30.1 Å². The average molecular weight is 326 g/mol. The fourth-order valence-corrected chi connectivity index (χ4v) is 2.56. The summed E-state index contributed by atoms with van der Waals surface area (Å²) in [5, 5.41) is 0. The summed E-state index contributed by atoms with van der Waals surface area (Å²) in [6.45, 7) is 4.28. The molecule has 1 heterocycles. The molecule has 2 rings (SSSR count). The summed E-state index contributed by atoms with van der Waals surface area (Å²) < 4.78 is 0. The van der Waals surface area contributed by atoms with Gasteiger partial charge < -0.3 is 15.5 Å². The van der Waals surface area contributed by atoms with Gasteiger partial charge in [0.2, 0.25) is 5.91 Å². The van der Waals surface area contributed by atoms with Crippen LogP contribution in [0.3, 0.4) is 0 Å². The minimum atomic E-state index is -0.411. The molecule has 0 spiro atoms. The molecule has 1 unspecified atom stereocenters. The summed E-state index contributed by atoms with van der Waals surface area (Å²) >= 11 is 0. The molecule has 5 nitrogen and oxygen atoms in total. The van der Waals surface area contributed by atoms with Crippen molar-refractivity contribution in [1.29, 1.82) is 0 Å². The van der Waals surface area contributed by atoms with Gasteiger partial charge in [0, 0.05) is 31.7 Å². The Morgan fingerprint density at radius 3 is 2.18 bits per heavy atom. The molecule has 0 aromatic heterocycles. The number of piperazine rings is 1. The quantitative estimate of drug-likeness (QED) is 0.912. The molecule has 2 amide bonds. The van der Waals surface area contributed by atoms with E-state index in [2.05, 4.69) is 0 Å². The Morgan fingerprint density at radius 2 is 1.64 bits per heavy atom. The third kappa shape index (κ3) is 4.45. The highest BCUT2D eigenvalue weighted by Gasteiger charge is 2.27. The molecule has 1 aliphatic rings. The highest BCUT2D eigenvalue weighted by Crippen LogP contribution is 2.10. The van der Waals surface area contributed by atoms with Gasteiger partial charge in [0.05, 0.1) is 6.04 Å². The van der Waals surface area contributed by atoms with E-state index in [0.29, 0.717) is 38.2 Å². The lowest BCUT2D eigenvalue weighted by atomic mass is 10.1. The lowest BCUT2D eigenvalue weighted by Gasteiger charge is -2.36. The lowest BCUT2D eigenvalue weighted by molar-refractivity contribution is -0.134. The van der Waals surface area contributed by atoms with Gasteiger partial charge in [-0.2, -0.15) is 0 Å². The second-order valence-corrected chi connectivity index (χ2v) is 5.38. The summed E-state index contributed by atoms with van der Waals surface area (Å²) in [6.07, 6.45) is 1.61. The topological polar surface area (TPSA) is 66.6 Å². The Balaban J connectivity index is 0.00000242. The third-order valence-corrected chi connectivity index (χ3v) is 3.82. The lowest BCUT2D eigenvalue weighted by Crippen LogP contribution is -2.54. The highest BCUT2D eigenvalue weighted by atomic mass is 35.5. The van der Waals surface area contributed by atoms with Crippen LogP contribution in [0, 0.1) is 0 Å². The Kier molecular flexibility index (Phi) is 7.35. The maximum atomic E-state index is 12.3. The van der Waals surface area contributed by atoms with Crippen molar-refractivity contribution in [3.63, 3.8) is 0 Å². The van der Waals surface area contributed by atoms with Gasteiger partial charge in [-0.05, 0) is 18.6 Å². The Bertz CT molecular complexity index is 487. The first-order valence-electron chi connectivity index (χ1n) is 7.52. The van der Waals surface area contributed by atoms with Crippen LogP contribution in [-0.2, 0) is 4.79 Å². The van der Waals surface area contributed by atoms with E-state index in [-0.39, 0.29) is 24.2 Å². The van der Waals surface area contributed by atoms with E-state index in [0.717, 1.165) is 6.42 Å². The molecular formula is C16H24ClN3O2. The first kappa shape index (κ1) is 18.5. The third-order valence-electron chi connectivity index (χ3n) is 3.82. The fraction of sp³-hybridized carbons (Fsp3) is 0.500. The van der Waals surface area contributed by atoms with Gasteiger partial charge in [0.25, 0.3) is 5.91 Å². The molecule has 1 aromatic carbocycles. The van der Waals surface area contributed by atoms with Crippen molar-refractivity contribution >= 4 is 24.2 Å². The van der Waals surface area contributed by atoms with E-state index in [1.807, 2.05) is 37.3 Å². The average Bonchev–Trinajstić information content (AvgIpc) is 2.54. The molecule has 1 aromatic rings. The van der Waals surface area contributed by atoms with Crippen LogP contribution in [0.15, 0.2) is 30.3 Å². The van der Waals surface area contributed by atoms with Crippen LogP contribution in [-0.4, -0.2) is 53.8 Å². The molecule has 1 aliphatic heterocycles. The molecule has 1 fully saturated rings. The maximum Gasteiger partial charge on any atom is 0.253 e. The van der Waals surface area contributed by atoms with E-state index in [1.54, 1.807) is 9.80 Å². The van der Waals surface area contributed by atoms with Crippen LogP contribution in [0.4, 0.5) is 0 Å². The molecule has 6 heteroatoms. The first-order valence-corrected chi connectivity index (χ1v) is 7.52. The van der Waals surface area contributed by atoms with Gasteiger partial charge >= 0.3 is 0 Å². The number of carbonyl (C=O) groups excluding carboxylic acids is 2. The molecule has 0 radical (unpaired) electrons. The largest absolute Gasteiger partial charge is 0.338 e. The second-order valence-electron chi connectivity index (χ2n) is 5.38. The zero-order valence-electron chi connectivity index (χ0n) is 12.9. The highest BCUT2D eigenvalue weighted by molar-refractivity contribution is 5.94. The first-order chi connectivity index (χ1) is 10.1. The predicted octanol–water partition coefficient (Wildman–Crippen LogP) is 1.52. The monoisotopic (exact) mass is 325 g/mol. The molecule has 1 atom stereocenters. The molecule has 2 N–H and O–H groups in total. The zero-order valence-corrected chi connectivity index (χ0v) is 13.7. The van der Waals surface area contributed by atoms with Gasteiger partial charge in [-0.25, -0.2) is 0 Å². The van der Waals surface area contributed by atoms with Crippen LogP contribution < -0.4 is 5.73 Å². The zero-order chi connectivity index (χ0) is 15.2. The number of nitrogens with zero attached hydrogens (tertiary/aromatic N) is 2. The minimum Gasteiger partial charge on any atom is -0.338 e. The van der Waals surface area contributed by atoms with Gasteiger partial charge in [-0.15, -0.1) is 12.4 Å². The second kappa shape index (κ2) is 8.76. The minimum absolute atomic E-state index is 0. The molecular weight excluding hydrogens is 302 g/mol. The van der Waals surface area contributed by atoms with E-state index in [4.69, 9.17) is 5.73 Å². The Morgan fingerprint density at radius 1 is 1.09 bits per heavy atom. The van der Waals surface area contributed by atoms with E-state index in [9.17, 15) is 9.59 Å². The molecule has 0 aliphatic carbocycles. The summed E-state index contributed by atoms with van der Waals surface area (Å²) in [7, 11) is 0. The Hall–Kier alpha value is -1.59. The van der Waals surface area contributed by atoms with Crippen molar-refractivity contribution in [2.45, 2.75) is 25.8 Å². The summed E-state index contributed by atoms with van der Waals surface area (Å²) in [6, 6.07) is 8.83. The molecule has 0 bridgehead atoms. The summed E-state index contributed by atoms with van der Waals surface area (Å²) in [5.74, 6) is 0.0317. The fourth-order valence-electron chi connectivity index (χ4n) is 2.56. The van der Waals surface area contributed by atoms with Crippen LogP contribution in [0.25, 0.3) is 0 Å². The smallest absolute Gasteiger partial charge is 0.253 e. The predicted molar refractivity (Wildman–Crippen MR) is 89.1 cm³/mol. The van der Waals surface area contributed by atoms with E-state index < -0.39 is 6.04 Å². The van der Waals surface area contributed by atoms with Crippen LogP contribution >= 0.6 is 12.4 Å². The standard InChI is InChI=1S/C16H23N3O2.ClH/c1-2-6-14(17)16(21)19-11-9-18(10-12-19)15(20)13-7-4-3-5-8-13;/h3-5,7-8,14H,2,6,9-12,17H2,1H3;1H. The van der Waals surface area contributed by atoms with E-state index in [1.165, 1.54) is 0 Å². The number of amides is 2. The summed E-state index contributed by atoms with van der Waals surface area (Å²) in [5.41, 5.74) is 6.57. The van der Waals surface area contributed by atoms with Gasteiger partial charge in [-0.1, -0.05) is 31.5 Å². The maximum absolute atomic E-state index is 12.3. The summed E-state index contributed by atoms with van der Waals surface area (Å²) in [4.78, 5) is 28.0. The van der Waals surface area contributed by atoms with Crippen molar-refractivity contribution in [2.24, 2.45) is 5.73 Å². The van der Waals surface area contributed by atoms with E-state index >= 15 is 0 Å². The molecule has 0 saturated carbocycles. The number of benzene rings is 1. The van der Waals surface area contributed by atoms with Crippen LogP contribution in [0.5, 0.6) is 0 Å². The SMILES string of the molecule is CCCC(N)C(=O)N1CCN(C(=O)c2ccccc2)CC1.Cl. The number of carbonyl (C=O) groups is 2.